The summed E-state index contributed by atoms with van der Waals surface area (Å²) in [5, 5.41) is 8.54. The Balaban J connectivity index is 1.52. The zero-order valence-corrected chi connectivity index (χ0v) is 37.3. The third kappa shape index (κ3) is 12.6. The Labute approximate surface area is 369 Å². The van der Waals surface area contributed by atoms with Gasteiger partial charge in [-0.15, -0.1) is 11.8 Å². The summed E-state index contributed by atoms with van der Waals surface area (Å²) < 4.78 is 5.16. The fourth-order valence-corrected chi connectivity index (χ4v) is 9.00. The number of hydrogen-bond donors (Lipinski definition) is 3. The van der Waals surface area contributed by atoms with Gasteiger partial charge in [-0.2, -0.15) is 0 Å². The monoisotopic (exact) mass is 861 g/mol. The summed E-state index contributed by atoms with van der Waals surface area (Å²) in [4.78, 5) is 86.9. The molecule has 4 aromatic carbocycles. The second-order valence-corrected chi connectivity index (χ2v) is 17.9. The van der Waals surface area contributed by atoms with E-state index in [0.29, 0.717) is 0 Å². The highest BCUT2D eigenvalue weighted by Crippen LogP contribution is 2.48. The zero-order chi connectivity index (χ0) is 44.9. The van der Waals surface area contributed by atoms with Gasteiger partial charge in [0.25, 0.3) is 0 Å². The van der Waals surface area contributed by atoms with Crippen molar-refractivity contribution in [3.05, 3.63) is 144 Å². The molecule has 1 heterocycles. The molecule has 3 N–H and O–H groups in total. The maximum Gasteiger partial charge on any atom is 0.247 e. The SMILES string of the molecule is CC[C@@H]1CC(=O)CN(C)C(=O)[C@H](CSC(c2ccccc2)(c2ccccc2)c2ccccc2)NC(=O)CN(C)C(=O)[C@H](COC(C)(C)C)NC(=O)[C@H](Cc2ccccc2)NC1=O. The van der Waals surface area contributed by atoms with E-state index in [2.05, 4.69) is 16.0 Å². The first-order valence-electron chi connectivity index (χ1n) is 21.0. The second-order valence-electron chi connectivity index (χ2n) is 16.7. The average Bonchev–Trinajstić information content (AvgIpc) is 3.26. The lowest BCUT2D eigenvalue weighted by Gasteiger charge is -2.37. The molecule has 0 aromatic heterocycles. The summed E-state index contributed by atoms with van der Waals surface area (Å²) in [5.41, 5.74) is 2.95. The van der Waals surface area contributed by atoms with Gasteiger partial charge in [0, 0.05) is 38.6 Å². The van der Waals surface area contributed by atoms with E-state index < -0.39 is 70.5 Å². The molecule has 328 valence electrons. The van der Waals surface area contributed by atoms with Crippen LogP contribution < -0.4 is 16.0 Å². The number of Topliss-reactive ketones (excluding diaryl/α,β-unsaturated/α-hetero) is 1. The van der Waals surface area contributed by atoms with Crippen LogP contribution in [0.4, 0.5) is 0 Å². The number of ketones is 1. The highest BCUT2D eigenvalue weighted by atomic mass is 32.2. The van der Waals surface area contributed by atoms with Crippen molar-refractivity contribution in [3.63, 3.8) is 0 Å². The minimum absolute atomic E-state index is 0.0698. The Bertz CT molecular complexity index is 2040. The van der Waals surface area contributed by atoms with Gasteiger partial charge in [-0.1, -0.05) is 128 Å². The van der Waals surface area contributed by atoms with Crippen LogP contribution in [0.3, 0.4) is 0 Å². The van der Waals surface area contributed by atoms with Gasteiger partial charge < -0.3 is 30.5 Å². The number of nitrogens with one attached hydrogen (secondary N) is 3. The van der Waals surface area contributed by atoms with Crippen molar-refractivity contribution in [2.24, 2.45) is 5.92 Å². The van der Waals surface area contributed by atoms with Crippen molar-refractivity contribution >= 4 is 47.1 Å². The molecule has 12 nitrogen and oxygen atoms in total. The summed E-state index contributed by atoms with van der Waals surface area (Å²) in [6, 6.07) is 35.4. The van der Waals surface area contributed by atoms with E-state index in [1.165, 1.54) is 35.7 Å². The Morgan fingerprint density at radius 3 is 1.58 bits per heavy atom. The summed E-state index contributed by atoms with van der Waals surface area (Å²) >= 11 is 1.47. The van der Waals surface area contributed by atoms with Crippen LogP contribution in [0, 0.1) is 5.92 Å². The molecular formula is C49H59N5O7S. The number of likely N-dealkylation sites (N-methyl/N-ethyl adjacent to an activating group) is 2. The zero-order valence-electron chi connectivity index (χ0n) is 36.5. The molecule has 1 saturated heterocycles. The van der Waals surface area contributed by atoms with E-state index in [-0.39, 0.29) is 44.0 Å². The average molecular weight is 862 g/mol. The Kier molecular flexibility index (Phi) is 16.6. The number of rotatable bonds is 11. The number of carbonyl (C=O) groups excluding carboxylic acids is 6. The van der Waals surface area contributed by atoms with E-state index in [4.69, 9.17) is 4.74 Å². The van der Waals surface area contributed by atoms with Crippen molar-refractivity contribution in [3.8, 4) is 0 Å². The van der Waals surface area contributed by atoms with E-state index >= 15 is 0 Å². The van der Waals surface area contributed by atoms with Gasteiger partial charge in [-0.25, -0.2) is 0 Å². The number of ether oxygens (including phenoxy) is 1. The number of amides is 5. The minimum atomic E-state index is -1.24. The fraction of sp³-hybridized carbons (Fsp3) is 0.388. The summed E-state index contributed by atoms with van der Waals surface area (Å²) in [7, 11) is 2.94. The third-order valence-electron chi connectivity index (χ3n) is 10.7. The topological polar surface area (TPSA) is 154 Å². The number of thioether (sulfide) groups is 1. The maximum absolute atomic E-state index is 14.5. The molecule has 4 atom stereocenters. The van der Waals surface area contributed by atoms with Crippen molar-refractivity contribution < 1.29 is 33.5 Å². The molecule has 1 fully saturated rings. The molecule has 4 aromatic rings. The van der Waals surface area contributed by atoms with E-state index in [9.17, 15) is 28.8 Å². The molecule has 1 aliphatic heterocycles. The predicted molar refractivity (Wildman–Crippen MR) is 242 cm³/mol. The Hall–Kier alpha value is -5.79. The quantitative estimate of drug-likeness (QED) is 0.175. The van der Waals surface area contributed by atoms with E-state index in [1.807, 2.05) is 142 Å². The molecular weight excluding hydrogens is 803 g/mol. The van der Waals surface area contributed by atoms with Crippen molar-refractivity contribution in [1.29, 1.82) is 0 Å². The van der Waals surface area contributed by atoms with Crippen LogP contribution >= 0.6 is 11.8 Å². The van der Waals surface area contributed by atoms with Crippen LogP contribution in [0.2, 0.25) is 0 Å². The largest absolute Gasteiger partial charge is 0.373 e. The predicted octanol–water partition coefficient (Wildman–Crippen LogP) is 5.14. The summed E-state index contributed by atoms with van der Waals surface area (Å²) in [5.74, 6) is -3.96. The lowest BCUT2D eigenvalue weighted by molar-refractivity contribution is -0.143. The molecule has 0 unspecified atom stereocenters. The number of hydrogen-bond acceptors (Lipinski definition) is 8. The molecule has 13 heteroatoms. The van der Waals surface area contributed by atoms with Gasteiger partial charge in [0.2, 0.25) is 29.5 Å². The number of carbonyl (C=O) groups is 6. The lowest BCUT2D eigenvalue weighted by Crippen LogP contribution is -2.58. The van der Waals surface area contributed by atoms with E-state index in [1.54, 1.807) is 6.92 Å². The first-order valence-corrected chi connectivity index (χ1v) is 22.0. The molecule has 1 aliphatic rings. The molecule has 62 heavy (non-hydrogen) atoms. The maximum atomic E-state index is 14.5. The van der Waals surface area contributed by atoms with Gasteiger partial charge in [-0.05, 0) is 49.4 Å². The Morgan fingerprint density at radius 2 is 1.08 bits per heavy atom. The highest BCUT2D eigenvalue weighted by Gasteiger charge is 2.40. The van der Waals surface area contributed by atoms with Crippen LogP contribution in [-0.4, -0.2) is 108 Å². The van der Waals surface area contributed by atoms with Gasteiger partial charge in [-0.3, -0.25) is 28.8 Å². The minimum Gasteiger partial charge on any atom is -0.373 e. The van der Waals surface area contributed by atoms with Crippen LogP contribution in [0.5, 0.6) is 0 Å². The van der Waals surface area contributed by atoms with Gasteiger partial charge in [0.1, 0.15) is 18.1 Å². The van der Waals surface area contributed by atoms with Crippen molar-refractivity contribution in [1.82, 2.24) is 25.8 Å². The smallest absolute Gasteiger partial charge is 0.247 e. The first kappa shape index (κ1) is 47.3. The lowest BCUT2D eigenvalue weighted by atomic mass is 9.84. The van der Waals surface area contributed by atoms with Crippen LogP contribution in [0.1, 0.15) is 62.8 Å². The van der Waals surface area contributed by atoms with Crippen LogP contribution in [0.25, 0.3) is 0 Å². The fourth-order valence-electron chi connectivity index (χ4n) is 7.45. The molecule has 5 amide bonds. The van der Waals surface area contributed by atoms with Crippen LogP contribution in [-0.2, 0) is 44.7 Å². The molecule has 0 aliphatic carbocycles. The molecule has 0 radical (unpaired) electrons. The van der Waals surface area contributed by atoms with E-state index in [0.717, 1.165) is 22.3 Å². The number of nitrogens with zero attached hydrogens (tertiary/aromatic N) is 2. The standard InChI is InChI=1S/C49H59N5O7S/c1-7-35-29-39(55)30-53(5)47(60)42(33-62-49(36-22-14-9-15-23-36,37-24-16-10-17-25-37)38-26-18-11-19-27-38)50-43(56)31-54(6)46(59)41(32-61-48(2,3)4)52-45(58)40(51-44(35)57)28-34-20-12-8-13-21-34/h8-27,35,40-42H,7,28-33H2,1-6H3,(H,50,56)(H,51,57)(H,52,58)/t35-,40+,41+,42+/m1/s1. The molecule has 0 spiro atoms. The van der Waals surface area contributed by atoms with Crippen LogP contribution in [0.15, 0.2) is 121 Å². The van der Waals surface area contributed by atoms with Gasteiger partial charge >= 0.3 is 0 Å². The normalized spacial score (nSPS) is 20.5. The Morgan fingerprint density at radius 1 is 0.613 bits per heavy atom. The summed E-state index contributed by atoms with van der Waals surface area (Å²) in [6.45, 7) is 6.23. The van der Waals surface area contributed by atoms with Crippen molar-refractivity contribution in [2.45, 2.75) is 75.4 Å². The second kappa shape index (κ2) is 21.8. The van der Waals surface area contributed by atoms with Gasteiger partial charge in [0.05, 0.1) is 30.0 Å². The molecule has 0 saturated carbocycles. The number of benzene rings is 4. The first-order chi connectivity index (χ1) is 29.6. The molecule has 0 bridgehead atoms. The summed E-state index contributed by atoms with van der Waals surface area (Å²) in [6.07, 6.45) is 0.213. The third-order valence-corrected chi connectivity index (χ3v) is 12.4. The molecule has 5 rings (SSSR count). The van der Waals surface area contributed by atoms with Gasteiger partial charge in [0.15, 0.2) is 5.78 Å². The highest BCUT2D eigenvalue weighted by molar-refractivity contribution is 8.00. The van der Waals surface area contributed by atoms with Crippen molar-refractivity contribution in [2.75, 3.05) is 39.5 Å².